The number of aryl methyl sites for hydroxylation is 1. The molecule has 0 radical (unpaired) electrons. The standard InChI is InChI=1S/C17H16ClN5O/c1-11-2-4-15(24-11)17-12(7-20-22-17)6-19-8-14-10-23-9-13(18)3-5-16(23)21-14/h2-5,7,9-10,19H,6,8H2,1H3,(H,20,22). The van der Waals surface area contributed by atoms with Crippen LogP contribution in [-0.4, -0.2) is 19.6 Å². The van der Waals surface area contributed by atoms with Crippen molar-refractivity contribution >= 4 is 17.2 Å². The average Bonchev–Trinajstić information content (AvgIpc) is 3.26. The zero-order valence-electron chi connectivity index (χ0n) is 13.1. The molecule has 0 aliphatic rings. The van der Waals surface area contributed by atoms with Crippen molar-refractivity contribution in [1.82, 2.24) is 24.9 Å². The molecule has 4 aromatic heterocycles. The number of hydrogen-bond acceptors (Lipinski definition) is 4. The van der Waals surface area contributed by atoms with Crippen molar-refractivity contribution in [3.63, 3.8) is 0 Å². The first-order chi connectivity index (χ1) is 11.7. The normalized spacial score (nSPS) is 11.4. The third kappa shape index (κ3) is 2.93. The van der Waals surface area contributed by atoms with Gasteiger partial charge in [0.25, 0.3) is 0 Å². The van der Waals surface area contributed by atoms with Gasteiger partial charge >= 0.3 is 0 Å². The number of aromatic amines is 1. The Morgan fingerprint density at radius 1 is 1.21 bits per heavy atom. The number of rotatable bonds is 5. The molecule has 4 heterocycles. The first-order valence-corrected chi connectivity index (χ1v) is 8.00. The van der Waals surface area contributed by atoms with Crippen molar-refractivity contribution in [2.75, 3.05) is 0 Å². The minimum atomic E-state index is 0.654. The van der Waals surface area contributed by atoms with Crippen LogP contribution in [0.4, 0.5) is 0 Å². The number of hydrogen-bond donors (Lipinski definition) is 2. The van der Waals surface area contributed by atoms with Crippen LogP contribution in [0.5, 0.6) is 0 Å². The molecule has 4 rings (SSSR count). The molecule has 0 atom stereocenters. The number of halogens is 1. The second-order valence-corrected chi connectivity index (χ2v) is 6.07. The minimum absolute atomic E-state index is 0.654. The van der Waals surface area contributed by atoms with Crippen molar-refractivity contribution in [2.24, 2.45) is 0 Å². The molecule has 0 aliphatic carbocycles. The third-order valence-electron chi connectivity index (χ3n) is 3.79. The summed E-state index contributed by atoms with van der Waals surface area (Å²) in [5, 5.41) is 11.2. The maximum absolute atomic E-state index is 5.99. The molecule has 0 aliphatic heterocycles. The molecule has 0 amide bonds. The van der Waals surface area contributed by atoms with E-state index in [9.17, 15) is 0 Å². The van der Waals surface area contributed by atoms with E-state index in [0.29, 0.717) is 18.1 Å². The summed E-state index contributed by atoms with van der Waals surface area (Å²) >= 11 is 5.99. The van der Waals surface area contributed by atoms with Gasteiger partial charge in [0.2, 0.25) is 0 Å². The second-order valence-electron chi connectivity index (χ2n) is 5.63. The number of nitrogens with one attached hydrogen (secondary N) is 2. The van der Waals surface area contributed by atoms with E-state index in [1.165, 1.54) is 0 Å². The van der Waals surface area contributed by atoms with Crippen LogP contribution >= 0.6 is 11.6 Å². The van der Waals surface area contributed by atoms with E-state index in [1.807, 2.05) is 54.2 Å². The van der Waals surface area contributed by atoms with Crippen LogP contribution in [0.3, 0.4) is 0 Å². The summed E-state index contributed by atoms with van der Waals surface area (Å²) in [6.45, 7) is 3.24. The molecule has 0 fully saturated rings. The van der Waals surface area contributed by atoms with Gasteiger partial charge < -0.3 is 14.1 Å². The maximum atomic E-state index is 5.99. The van der Waals surface area contributed by atoms with E-state index >= 15 is 0 Å². The predicted octanol–water partition coefficient (Wildman–Crippen LogP) is 3.57. The Morgan fingerprint density at radius 3 is 2.96 bits per heavy atom. The topological polar surface area (TPSA) is 71.2 Å². The highest BCUT2D eigenvalue weighted by atomic mass is 35.5. The largest absolute Gasteiger partial charge is 0.460 e. The summed E-state index contributed by atoms with van der Waals surface area (Å²) in [6, 6.07) is 7.62. The minimum Gasteiger partial charge on any atom is -0.460 e. The molecule has 0 saturated heterocycles. The molecule has 0 aromatic carbocycles. The molecule has 0 unspecified atom stereocenters. The molecule has 0 spiro atoms. The summed E-state index contributed by atoms with van der Waals surface area (Å²) in [5.41, 5.74) is 3.79. The summed E-state index contributed by atoms with van der Waals surface area (Å²) in [6.07, 6.45) is 5.63. The van der Waals surface area contributed by atoms with Gasteiger partial charge in [0.15, 0.2) is 5.76 Å². The zero-order valence-corrected chi connectivity index (χ0v) is 13.8. The van der Waals surface area contributed by atoms with Gasteiger partial charge in [0.1, 0.15) is 17.1 Å². The van der Waals surface area contributed by atoms with Crippen LogP contribution in [0.1, 0.15) is 17.0 Å². The van der Waals surface area contributed by atoms with Crippen LogP contribution in [0.2, 0.25) is 5.02 Å². The lowest BCUT2D eigenvalue weighted by molar-refractivity contribution is 0.545. The molecular formula is C17H16ClN5O. The van der Waals surface area contributed by atoms with Crippen molar-refractivity contribution < 1.29 is 4.42 Å². The van der Waals surface area contributed by atoms with Crippen LogP contribution in [0.25, 0.3) is 17.1 Å². The van der Waals surface area contributed by atoms with Crippen molar-refractivity contribution in [2.45, 2.75) is 20.0 Å². The van der Waals surface area contributed by atoms with E-state index in [-0.39, 0.29) is 0 Å². The fourth-order valence-electron chi connectivity index (χ4n) is 2.65. The Kier molecular flexibility index (Phi) is 3.84. The molecule has 7 heteroatoms. The van der Waals surface area contributed by atoms with E-state index in [1.54, 1.807) is 0 Å². The third-order valence-corrected chi connectivity index (χ3v) is 4.01. The number of pyridine rings is 1. The van der Waals surface area contributed by atoms with Gasteiger partial charge in [-0.25, -0.2) is 4.98 Å². The van der Waals surface area contributed by atoms with Gasteiger partial charge in [-0.3, -0.25) is 5.10 Å². The van der Waals surface area contributed by atoms with Gasteiger partial charge in [-0.05, 0) is 31.2 Å². The predicted molar refractivity (Wildman–Crippen MR) is 91.8 cm³/mol. The lowest BCUT2D eigenvalue weighted by atomic mass is 10.2. The lowest BCUT2D eigenvalue weighted by Crippen LogP contribution is -2.13. The fraction of sp³-hybridized carbons (Fsp3) is 0.176. The molecule has 0 bridgehead atoms. The first-order valence-electron chi connectivity index (χ1n) is 7.62. The SMILES string of the molecule is Cc1ccc(-c2[nH]ncc2CNCc2cn3cc(Cl)ccc3n2)o1. The highest BCUT2D eigenvalue weighted by Crippen LogP contribution is 2.23. The van der Waals surface area contributed by atoms with Crippen LogP contribution in [-0.2, 0) is 13.1 Å². The highest BCUT2D eigenvalue weighted by Gasteiger charge is 2.11. The van der Waals surface area contributed by atoms with Gasteiger partial charge in [0, 0.05) is 31.0 Å². The van der Waals surface area contributed by atoms with E-state index < -0.39 is 0 Å². The Balaban J connectivity index is 1.45. The second kappa shape index (κ2) is 6.14. The van der Waals surface area contributed by atoms with Crippen molar-refractivity contribution in [3.05, 3.63) is 64.9 Å². The summed E-state index contributed by atoms with van der Waals surface area (Å²) in [4.78, 5) is 4.56. The Bertz CT molecular complexity index is 984. The molecule has 4 aromatic rings. The Hall–Kier alpha value is -2.57. The Morgan fingerprint density at radius 2 is 2.12 bits per heavy atom. The average molecular weight is 342 g/mol. The van der Waals surface area contributed by atoms with E-state index in [4.69, 9.17) is 16.0 Å². The number of furan rings is 1. The van der Waals surface area contributed by atoms with Gasteiger partial charge in [-0.1, -0.05) is 11.6 Å². The molecule has 6 nitrogen and oxygen atoms in total. The fourth-order valence-corrected chi connectivity index (χ4v) is 2.82. The van der Waals surface area contributed by atoms with Gasteiger partial charge in [-0.15, -0.1) is 0 Å². The number of imidazole rings is 1. The molecule has 0 saturated carbocycles. The number of aromatic nitrogens is 4. The summed E-state index contributed by atoms with van der Waals surface area (Å²) in [5.74, 6) is 1.67. The van der Waals surface area contributed by atoms with Crippen LogP contribution < -0.4 is 5.32 Å². The maximum Gasteiger partial charge on any atom is 0.152 e. The summed E-state index contributed by atoms with van der Waals surface area (Å²) in [7, 11) is 0. The van der Waals surface area contributed by atoms with Gasteiger partial charge in [0.05, 0.1) is 16.9 Å². The molecular weight excluding hydrogens is 326 g/mol. The van der Waals surface area contributed by atoms with Crippen molar-refractivity contribution in [3.8, 4) is 11.5 Å². The molecule has 24 heavy (non-hydrogen) atoms. The quantitative estimate of drug-likeness (QED) is 0.582. The Labute approximate surface area is 143 Å². The number of H-pyrrole nitrogens is 1. The highest BCUT2D eigenvalue weighted by molar-refractivity contribution is 6.30. The van der Waals surface area contributed by atoms with E-state index in [0.717, 1.165) is 34.1 Å². The molecule has 122 valence electrons. The smallest absolute Gasteiger partial charge is 0.152 e. The molecule has 2 N–H and O–H groups in total. The van der Waals surface area contributed by atoms with Crippen molar-refractivity contribution in [1.29, 1.82) is 0 Å². The first kappa shape index (κ1) is 15.0. The van der Waals surface area contributed by atoms with E-state index in [2.05, 4.69) is 20.5 Å². The van der Waals surface area contributed by atoms with Crippen LogP contribution in [0.15, 0.2) is 47.3 Å². The lowest BCUT2D eigenvalue weighted by Gasteiger charge is -2.02. The van der Waals surface area contributed by atoms with Gasteiger partial charge in [-0.2, -0.15) is 5.10 Å². The summed E-state index contributed by atoms with van der Waals surface area (Å²) < 4.78 is 7.58. The zero-order chi connectivity index (χ0) is 16.5. The number of nitrogens with zero attached hydrogens (tertiary/aromatic N) is 3. The monoisotopic (exact) mass is 341 g/mol. The number of fused-ring (bicyclic) bond motifs is 1. The van der Waals surface area contributed by atoms with Crippen LogP contribution in [0, 0.1) is 6.92 Å².